The Kier molecular flexibility index (Phi) is 14.6. The molecule has 0 saturated heterocycles. The van der Waals surface area contributed by atoms with Gasteiger partial charge in [-0.2, -0.15) is 0 Å². The first-order chi connectivity index (χ1) is 31.8. The van der Waals surface area contributed by atoms with Crippen LogP contribution in [0.3, 0.4) is 0 Å². The molecule has 0 unspecified atom stereocenters. The van der Waals surface area contributed by atoms with E-state index in [4.69, 9.17) is 0 Å². The highest BCUT2D eigenvalue weighted by atomic mass is 31.1. The van der Waals surface area contributed by atoms with E-state index in [-0.39, 0.29) is 0 Å². The largest absolute Gasteiger partial charge is 0.0950 e. The van der Waals surface area contributed by atoms with Crippen molar-refractivity contribution in [1.82, 2.24) is 0 Å². The Balaban J connectivity index is 1.70. The quantitative estimate of drug-likeness (QED) is 0.0710. The second-order valence-corrected chi connectivity index (χ2v) is 36.6. The molecule has 4 heteroatoms. The summed E-state index contributed by atoms with van der Waals surface area (Å²) in [5.41, 5.74) is 6.19. The number of benzene rings is 8. The third-order valence-corrected chi connectivity index (χ3v) is 34.6. The molecule has 66 heavy (non-hydrogen) atoms. The van der Waals surface area contributed by atoms with Gasteiger partial charge in [0.05, 0.1) is 16.1 Å². The Hall–Kier alpha value is -4.43. The van der Waals surface area contributed by atoms with E-state index < -0.39 is 32.0 Å². The molecule has 0 nitrogen and oxygen atoms in total. The number of hydrogen-bond acceptors (Lipinski definition) is 0. The van der Waals surface area contributed by atoms with Crippen LogP contribution in [0.25, 0.3) is 32.7 Å². The lowest BCUT2D eigenvalue weighted by Gasteiger charge is -2.45. The highest BCUT2D eigenvalue weighted by Gasteiger charge is 2.48. The predicted molar refractivity (Wildman–Crippen MR) is 306 cm³/mol. The van der Waals surface area contributed by atoms with Crippen molar-refractivity contribution in [1.29, 1.82) is 0 Å². The molecule has 0 amide bonds. The van der Waals surface area contributed by atoms with E-state index in [1.54, 1.807) is 10.4 Å². The van der Waals surface area contributed by atoms with E-state index in [1.807, 2.05) is 0 Å². The van der Waals surface area contributed by atoms with Crippen LogP contribution in [0.15, 0.2) is 182 Å². The molecule has 0 fully saturated rings. The van der Waals surface area contributed by atoms with Crippen molar-refractivity contribution in [3.05, 3.63) is 182 Å². The van der Waals surface area contributed by atoms with Crippen molar-refractivity contribution in [3.8, 4) is 11.1 Å². The van der Waals surface area contributed by atoms with Crippen LogP contribution in [-0.4, -0.2) is 16.1 Å². The zero-order valence-electron chi connectivity index (χ0n) is 41.7. The van der Waals surface area contributed by atoms with Gasteiger partial charge in [-0.15, -0.1) is 0 Å². The fraction of sp³-hybridized carbons (Fsp3) is 0.290. The summed E-state index contributed by atoms with van der Waals surface area (Å²) in [6.07, 6.45) is 0. The van der Waals surface area contributed by atoms with Crippen LogP contribution in [0.2, 0.25) is 33.2 Å². The molecule has 0 saturated carbocycles. The molecule has 0 radical (unpaired) electrons. The SMILES string of the molecule is CC(C)[Si](c1cc(P(c2ccccc2)c2ccccc2)c(-c2c(P(c3ccccc3)c3ccccc3)cc([Si](C(C)C)(C(C)C)C(C)C)c3ccccc23)c2ccccc12)(C(C)C)C(C)C. The number of rotatable bonds is 15. The summed E-state index contributed by atoms with van der Waals surface area (Å²) in [4.78, 5) is 0. The van der Waals surface area contributed by atoms with Gasteiger partial charge in [0, 0.05) is 0 Å². The van der Waals surface area contributed by atoms with Crippen LogP contribution in [0.1, 0.15) is 83.1 Å². The minimum absolute atomic E-state index is 0.556. The molecule has 0 atom stereocenters. The molecule has 8 aromatic rings. The van der Waals surface area contributed by atoms with Gasteiger partial charge in [-0.25, -0.2) is 0 Å². The topological polar surface area (TPSA) is 0 Å². The monoisotopic (exact) mass is 934 g/mol. The van der Waals surface area contributed by atoms with Crippen LogP contribution in [0.4, 0.5) is 0 Å². The maximum atomic E-state index is 2.82. The third kappa shape index (κ3) is 8.23. The van der Waals surface area contributed by atoms with Gasteiger partial charge in [-0.05, 0) is 114 Å². The Bertz CT molecular complexity index is 2560. The fourth-order valence-electron chi connectivity index (χ4n) is 13.3. The van der Waals surface area contributed by atoms with Crippen LogP contribution >= 0.6 is 15.8 Å². The van der Waals surface area contributed by atoms with E-state index in [1.165, 1.54) is 64.5 Å². The highest BCUT2D eigenvalue weighted by Crippen LogP contribution is 2.50. The molecule has 8 aromatic carbocycles. The number of fused-ring (bicyclic) bond motifs is 2. The van der Waals surface area contributed by atoms with Gasteiger partial charge < -0.3 is 0 Å². The molecule has 8 rings (SSSR count). The van der Waals surface area contributed by atoms with Crippen LogP contribution in [0, 0.1) is 0 Å². The van der Waals surface area contributed by atoms with E-state index in [0.29, 0.717) is 33.2 Å². The van der Waals surface area contributed by atoms with Gasteiger partial charge in [-0.3, -0.25) is 0 Å². The molecule has 0 spiro atoms. The van der Waals surface area contributed by atoms with E-state index in [0.717, 1.165) is 0 Å². The van der Waals surface area contributed by atoms with Crippen molar-refractivity contribution < 1.29 is 0 Å². The van der Waals surface area contributed by atoms with Crippen molar-refractivity contribution in [2.45, 2.75) is 116 Å². The molecule has 338 valence electrons. The van der Waals surface area contributed by atoms with Gasteiger partial charge in [-0.1, -0.05) is 275 Å². The van der Waals surface area contributed by atoms with Crippen molar-refractivity contribution in [2.24, 2.45) is 0 Å². The summed E-state index contributed by atoms with van der Waals surface area (Å²) in [5, 5.41) is 17.6. The molecule has 0 bridgehead atoms. The van der Waals surface area contributed by atoms with Gasteiger partial charge >= 0.3 is 0 Å². The summed E-state index contributed by atoms with van der Waals surface area (Å²) >= 11 is 0. The second-order valence-electron chi connectivity index (χ2n) is 20.5. The first-order valence-corrected chi connectivity index (χ1v) is 31.9. The molecule has 0 aliphatic heterocycles. The lowest BCUT2D eigenvalue weighted by atomic mass is 9.93. The smallest absolute Gasteiger partial charge is 0.0648 e. The van der Waals surface area contributed by atoms with E-state index in [9.17, 15) is 0 Å². The van der Waals surface area contributed by atoms with E-state index >= 15 is 0 Å². The zero-order chi connectivity index (χ0) is 46.9. The predicted octanol–water partition coefficient (Wildman–Crippen LogP) is 14.9. The van der Waals surface area contributed by atoms with Gasteiger partial charge in [0.2, 0.25) is 0 Å². The molecule has 0 aliphatic rings. The standard InChI is InChI=1S/C62H72P2Si2/c1-43(2)65(44(3)4,45(5)6)59-41-57(63(49-29-17-13-18-30-49)50-31-19-14-20-32-50)61(55-39-27-25-37-53(55)59)62-56-40-28-26-38-54(56)60(66(46(7)8,47(9)10)48(11)12)42-58(62)64(51-33-21-15-22-34-51)52-35-23-16-24-36-52/h13-48H,1-12H3. The average molecular weight is 935 g/mol. The molecule has 0 N–H and O–H groups in total. The minimum Gasteiger partial charge on any atom is -0.0648 e. The first kappa shape index (κ1) is 48.0. The van der Waals surface area contributed by atoms with Crippen molar-refractivity contribution in [2.75, 3.05) is 0 Å². The molecular weight excluding hydrogens is 863 g/mol. The lowest BCUT2D eigenvalue weighted by Crippen LogP contribution is -2.57. The normalized spacial score (nSPS) is 12.7. The van der Waals surface area contributed by atoms with Crippen LogP contribution in [0.5, 0.6) is 0 Å². The highest BCUT2D eigenvalue weighted by molar-refractivity contribution is 7.81. The summed E-state index contributed by atoms with van der Waals surface area (Å²) < 4.78 is 0. The summed E-state index contributed by atoms with van der Waals surface area (Å²) in [5.74, 6) is 0. The Morgan fingerprint density at radius 3 is 0.712 bits per heavy atom. The Morgan fingerprint density at radius 1 is 0.273 bits per heavy atom. The van der Waals surface area contributed by atoms with Crippen LogP contribution in [-0.2, 0) is 0 Å². The summed E-state index contributed by atoms with van der Waals surface area (Å²) in [6.45, 7) is 30.5. The van der Waals surface area contributed by atoms with E-state index in [2.05, 4.69) is 265 Å². The maximum absolute atomic E-state index is 2.82. The molecule has 0 aromatic heterocycles. The average Bonchev–Trinajstić information content (AvgIpc) is 3.31. The third-order valence-electron chi connectivity index (χ3n) is 15.5. The van der Waals surface area contributed by atoms with Gasteiger partial charge in [0.15, 0.2) is 0 Å². The zero-order valence-corrected chi connectivity index (χ0v) is 45.5. The van der Waals surface area contributed by atoms with Crippen LogP contribution < -0.4 is 42.2 Å². The van der Waals surface area contributed by atoms with Crippen molar-refractivity contribution in [3.63, 3.8) is 0 Å². The van der Waals surface area contributed by atoms with Gasteiger partial charge in [0.25, 0.3) is 0 Å². The summed E-state index contributed by atoms with van der Waals surface area (Å²) in [6, 6.07) is 71.1. The first-order valence-electron chi connectivity index (χ1n) is 24.7. The molecule has 0 heterocycles. The maximum Gasteiger partial charge on any atom is 0.0950 e. The molecule has 0 aliphatic carbocycles. The Labute approximate surface area is 402 Å². The fourth-order valence-corrected chi connectivity index (χ4v) is 32.5. The second kappa shape index (κ2) is 20.0. The Morgan fingerprint density at radius 2 is 0.485 bits per heavy atom. The van der Waals surface area contributed by atoms with Gasteiger partial charge in [0.1, 0.15) is 0 Å². The van der Waals surface area contributed by atoms with Crippen molar-refractivity contribution >= 4 is 95.7 Å². The number of hydrogen-bond donors (Lipinski definition) is 0. The minimum atomic E-state index is -2.22. The lowest BCUT2D eigenvalue weighted by molar-refractivity contribution is 0.836. The summed E-state index contributed by atoms with van der Waals surface area (Å²) in [7, 11) is -6.44. The molecular formula is C62H72P2Si2.